The Morgan fingerprint density at radius 1 is 0.370 bits per heavy atom. The van der Waals surface area contributed by atoms with Crippen molar-refractivity contribution in [2.24, 2.45) is 0 Å². The molecule has 0 radical (unpaired) electrons. The third kappa shape index (κ3) is 6.69. The fourth-order valence-corrected chi connectivity index (χ4v) is 2.61. The van der Waals surface area contributed by atoms with Gasteiger partial charge in [0.05, 0.1) is 0 Å². The van der Waals surface area contributed by atoms with Crippen molar-refractivity contribution in [2.75, 3.05) is 0 Å². The van der Waals surface area contributed by atoms with Crippen molar-refractivity contribution in [2.45, 2.75) is 6.42 Å². The van der Waals surface area contributed by atoms with E-state index in [-0.39, 0.29) is 0 Å². The lowest BCUT2D eigenvalue weighted by Crippen LogP contribution is -1.85. The third-order valence-electron chi connectivity index (χ3n) is 3.99. The Morgan fingerprint density at radius 3 is 1.00 bits per heavy atom. The third-order valence-corrected chi connectivity index (χ3v) is 3.99. The Bertz CT molecular complexity index is 880. The Labute approximate surface area is 162 Å². The largest absolute Gasteiger partial charge is 0.0622 e. The van der Waals surface area contributed by atoms with Crippen LogP contribution in [0.25, 0.3) is 0 Å². The van der Waals surface area contributed by atoms with E-state index >= 15 is 0 Å². The van der Waals surface area contributed by atoms with Crippen molar-refractivity contribution in [1.29, 1.82) is 0 Å². The molecule has 0 saturated carbocycles. The monoisotopic (exact) mass is 346 g/mol. The first-order valence-corrected chi connectivity index (χ1v) is 9.10. The normalized spacial score (nSPS) is 9.33. The first-order chi connectivity index (χ1) is 13.4. The molecule has 0 aromatic heterocycles. The van der Waals surface area contributed by atoms with E-state index in [1.54, 1.807) is 0 Å². The average molecular weight is 346 g/mol. The van der Waals surface area contributed by atoms with Gasteiger partial charge in [0.25, 0.3) is 0 Å². The zero-order chi connectivity index (χ0) is 18.6. The van der Waals surface area contributed by atoms with Gasteiger partial charge in [-0.05, 0) is 41.8 Å². The molecule has 27 heavy (non-hydrogen) atoms. The van der Waals surface area contributed by atoms with Gasteiger partial charge in [-0.15, -0.1) is 0 Å². The van der Waals surface area contributed by atoms with E-state index in [9.17, 15) is 0 Å². The highest BCUT2D eigenvalue weighted by Crippen LogP contribution is 2.07. The van der Waals surface area contributed by atoms with Crippen LogP contribution in [0, 0.1) is 11.8 Å². The molecule has 0 spiro atoms. The van der Waals surface area contributed by atoms with Crippen molar-refractivity contribution >= 4 is 0 Å². The summed E-state index contributed by atoms with van der Waals surface area (Å²) < 4.78 is 0. The summed E-state index contributed by atoms with van der Waals surface area (Å²) in [7, 11) is 0. The summed E-state index contributed by atoms with van der Waals surface area (Å²) in [5, 5.41) is 0. The smallest absolute Gasteiger partial charge is 0.0249 e. The molecule has 4 aromatic carbocycles. The number of hydrogen-bond donors (Lipinski definition) is 0. The number of rotatable bonds is 2. The van der Waals surface area contributed by atoms with E-state index in [1.807, 2.05) is 60.7 Å². The zero-order valence-corrected chi connectivity index (χ0v) is 15.3. The molecule has 0 atom stereocenters. The molecule has 0 amide bonds. The molecule has 4 rings (SSSR count). The van der Waals surface area contributed by atoms with Gasteiger partial charge in [-0.2, -0.15) is 0 Å². The molecule has 0 fully saturated rings. The van der Waals surface area contributed by atoms with Crippen LogP contribution >= 0.6 is 0 Å². The van der Waals surface area contributed by atoms with E-state index in [2.05, 4.69) is 72.5 Å². The second-order valence-electron chi connectivity index (χ2n) is 6.13. The van der Waals surface area contributed by atoms with Gasteiger partial charge < -0.3 is 0 Å². The molecule has 0 N–H and O–H groups in total. The molecular weight excluding hydrogens is 324 g/mol. The average Bonchev–Trinajstić information content (AvgIpc) is 2.76. The van der Waals surface area contributed by atoms with Crippen LogP contribution in [0.15, 0.2) is 121 Å². The van der Waals surface area contributed by atoms with Crippen LogP contribution in [0.2, 0.25) is 0 Å². The first kappa shape index (κ1) is 18.2. The first-order valence-electron chi connectivity index (χ1n) is 9.10. The van der Waals surface area contributed by atoms with Gasteiger partial charge in [0.15, 0.2) is 0 Å². The molecule has 130 valence electrons. The molecular formula is C27H22. The number of hydrogen-bond acceptors (Lipinski definition) is 0. The molecule has 0 heterocycles. The fourth-order valence-electron chi connectivity index (χ4n) is 2.61. The SMILES string of the molecule is C(#Cc1ccccc1)c1ccccc1.c1ccc(Cc2ccccc2)cc1. The minimum Gasteiger partial charge on any atom is -0.0622 e. The number of benzene rings is 4. The van der Waals surface area contributed by atoms with Gasteiger partial charge in [-0.25, -0.2) is 0 Å². The summed E-state index contributed by atoms with van der Waals surface area (Å²) in [6.45, 7) is 0. The van der Waals surface area contributed by atoms with Crippen molar-refractivity contribution in [1.82, 2.24) is 0 Å². The Hall–Kier alpha value is -3.56. The van der Waals surface area contributed by atoms with E-state index in [4.69, 9.17) is 0 Å². The van der Waals surface area contributed by atoms with E-state index in [1.165, 1.54) is 11.1 Å². The fraction of sp³-hybridized carbons (Fsp3) is 0.0370. The molecule has 0 unspecified atom stereocenters. The second-order valence-corrected chi connectivity index (χ2v) is 6.13. The van der Waals surface area contributed by atoms with Gasteiger partial charge in [0, 0.05) is 11.1 Å². The topological polar surface area (TPSA) is 0 Å². The van der Waals surface area contributed by atoms with Crippen LogP contribution in [-0.4, -0.2) is 0 Å². The van der Waals surface area contributed by atoms with E-state index in [0.717, 1.165) is 17.5 Å². The standard InChI is InChI=1S/C14H10.C13H12/c1-3-7-13(8-4-1)11-12-14-9-5-2-6-10-14;1-3-7-12(8-4-1)11-13-9-5-2-6-10-13/h1-10H;1-10H,11H2. The van der Waals surface area contributed by atoms with Crippen LogP contribution in [0.4, 0.5) is 0 Å². The summed E-state index contributed by atoms with van der Waals surface area (Å²) in [4.78, 5) is 0. The minimum atomic E-state index is 1.03. The van der Waals surface area contributed by atoms with Crippen LogP contribution < -0.4 is 0 Å². The van der Waals surface area contributed by atoms with Gasteiger partial charge in [0.1, 0.15) is 0 Å². The lowest BCUT2D eigenvalue weighted by Gasteiger charge is -2.00. The highest BCUT2D eigenvalue weighted by atomic mass is 14.0. The van der Waals surface area contributed by atoms with Crippen molar-refractivity contribution < 1.29 is 0 Å². The Kier molecular flexibility index (Phi) is 7.05. The van der Waals surface area contributed by atoms with E-state index in [0.29, 0.717) is 0 Å². The van der Waals surface area contributed by atoms with E-state index < -0.39 is 0 Å². The summed E-state index contributed by atoms with van der Waals surface area (Å²) in [5.41, 5.74) is 4.84. The highest BCUT2D eigenvalue weighted by molar-refractivity contribution is 5.42. The summed E-state index contributed by atoms with van der Waals surface area (Å²) in [6, 6.07) is 41.1. The molecule has 0 aliphatic rings. The van der Waals surface area contributed by atoms with Crippen molar-refractivity contribution in [3.63, 3.8) is 0 Å². The summed E-state index contributed by atoms with van der Waals surface area (Å²) in [5.74, 6) is 6.22. The summed E-state index contributed by atoms with van der Waals surface area (Å²) in [6.07, 6.45) is 1.03. The molecule has 0 nitrogen and oxygen atoms in total. The lowest BCUT2D eigenvalue weighted by molar-refractivity contribution is 1.19. The van der Waals surface area contributed by atoms with Crippen LogP contribution in [0.1, 0.15) is 22.3 Å². The molecule has 0 aliphatic heterocycles. The second kappa shape index (κ2) is 10.4. The molecule has 0 bridgehead atoms. The lowest BCUT2D eigenvalue weighted by atomic mass is 10.1. The molecule has 0 aliphatic carbocycles. The maximum Gasteiger partial charge on any atom is 0.0249 e. The maximum atomic E-state index is 3.11. The summed E-state index contributed by atoms with van der Waals surface area (Å²) >= 11 is 0. The Balaban J connectivity index is 0.000000156. The van der Waals surface area contributed by atoms with Crippen LogP contribution in [0.5, 0.6) is 0 Å². The predicted molar refractivity (Wildman–Crippen MR) is 115 cm³/mol. The van der Waals surface area contributed by atoms with Crippen molar-refractivity contribution in [3.8, 4) is 11.8 Å². The quantitative estimate of drug-likeness (QED) is 0.370. The van der Waals surface area contributed by atoms with Crippen molar-refractivity contribution in [3.05, 3.63) is 144 Å². The maximum absolute atomic E-state index is 3.11. The minimum absolute atomic E-state index is 1.03. The van der Waals surface area contributed by atoms with Gasteiger partial charge >= 0.3 is 0 Å². The Morgan fingerprint density at radius 2 is 0.667 bits per heavy atom. The zero-order valence-electron chi connectivity index (χ0n) is 15.3. The molecule has 4 aromatic rings. The van der Waals surface area contributed by atoms with Crippen LogP contribution in [0.3, 0.4) is 0 Å². The van der Waals surface area contributed by atoms with Gasteiger partial charge in [0.2, 0.25) is 0 Å². The molecule has 0 saturated heterocycles. The molecule has 0 heteroatoms. The van der Waals surface area contributed by atoms with Gasteiger partial charge in [-0.1, -0.05) is 109 Å². The highest BCUT2D eigenvalue weighted by Gasteiger charge is 1.92. The van der Waals surface area contributed by atoms with Gasteiger partial charge in [-0.3, -0.25) is 0 Å². The van der Waals surface area contributed by atoms with Crippen LogP contribution in [-0.2, 0) is 6.42 Å². The predicted octanol–water partition coefficient (Wildman–Crippen LogP) is 6.36.